The van der Waals surface area contributed by atoms with Gasteiger partial charge in [-0.15, -0.1) is 0 Å². The molecule has 0 fully saturated rings. The van der Waals surface area contributed by atoms with E-state index in [1.54, 1.807) is 31.2 Å². The van der Waals surface area contributed by atoms with E-state index in [4.69, 9.17) is 27.9 Å². The molecule has 3 rings (SSSR count). The number of halogens is 2. The quantitative estimate of drug-likeness (QED) is 0.531. The maximum atomic E-state index is 12.7. The number of aromatic amines is 2. The molecule has 28 heavy (non-hydrogen) atoms. The fraction of sp³-hybridized carbons (Fsp3) is 0.211. The fourth-order valence-corrected chi connectivity index (χ4v) is 3.27. The first kappa shape index (κ1) is 20.0. The Balaban J connectivity index is 1.87. The van der Waals surface area contributed by atoms with Crippen molar-refractivity contribution >= 4 is 46.1 Å². The van der Waals surface area contributed by atoms with Gasteiger partial charge in [-0.3, -0.25) is 4.79 Å². The van der Waals surface area contributed by atoms with Crippen molar-refractivity contribution in [1.82, 2.24) is 15.3 Å². The van der Waals surface area contributed by atoms with E-state index >= 15 is 0 Å². The Morgan fingerprint density at radius 3 is 2.61 bits per heavy atom. The van der Waals surface area contributed by atoms with E-state index in [0.29, 0.717) is 21.6 Å². The molecule has 0 aliphatic heterocycles. The van der Waals surface area contributed by atoms with Gasteiger partial charge < -0.3 is 20.0 Å². The SMILES string of the molecule is CCOC(=O)C(Cc1ccccc1Cl)NC(=O)c1cc(Cl)c2[nH]c(=O)[nH]c2c1. The second-order valence-electron chi connectivity index (χ2n) is 6.03. The monoisotopic (exact) mass is 421 g/mol. The molecule has 3 N–H and O–H groups in total. The van der Waals surface area contributed by atoms with Crippen LogP contribution in [0.3, 0.4) is 0 Å². The molecule has 2 aromatic carbocycles. The molecule has 3 aromatic rings. The van der Waals surface area contributed by atoms with Crippen LogP contribution in [0.1, 0.15) is 22.8 Å². The molecule has 9 heteroatoms. The topological polar surface area (TPSA) is 104 Å². The van der Waals surface area contributed by atoms with Crippen LogP contribution >= 0.6 is 23.2 Å². The summed E-state index contributed by atoms with van der Waals surface area (Å²) in [6.45, 7) is 1.86. The number of benzene rings is 2. The van der Waals surface area contributed by atoms with Gasteiger partial charge in [0.15, 0.2) is 0 Å². The normalized spacial score (nSPS) is 12.0. The zero-order valence-electron chi connectivity index (χ0n) is 14.8. The van der Waals surface area contributed by atoms with Gasteiger partial charge in [-0.1, -0.05) is 41.4 Å². The lowest BCUT2D eigenvalue weighted by atomic mass is 10.0. The van der Waals surface area contributed by atoms with E-state index in [-0.39, 0.29) is 23.6 Å². The Morgan fingerprint density at radius 1 is 1.14 bits per heavy atom. The third-order valence-electron chi connectivity index (χ3n) is 4.10. The van der Waals surface area contributed by atoms with Crippen LogP contribution in [0.25, 0.3) is 11.0 Å². The van der Waals surface area contributed by atoms with E-state index in [2.05, 4.69) is 15.3 Å². The second-order valence-corrected chi connectivity index (χ2v) is 6.85. The van der Waals surface area contributed by atoms with Crippen molar-refractivity contribution in [3.8, 4) is 0 Å². The van der Waals surface area contributed by atoms with Crippen LogP contribution in [0, 0.1) is 0 Å². The first-order valence-electron chi connectivity index (χ1n) is 8.51. The summed E-state index contributed by atoms with van der Waals surface area (Å²) < 4.78 is 5.07. The summed E-state index contributed by atoms with van der Waals surface area (Å²) in [6, 6.07) is 9.00. The minimum Gasteiger partial charge on any atom is -0.464 e. The molecule has 0 bridgehead atoms. The minimum absolute atomic E-state index is 0.168. The number of amides is 1. The van der Waals surface area contributed by atoms with Crippen LogP contribution in [0.15, 0.2) is 41.2 Å². The number of aromatic nitrogens is 2. The molecule has 1 amide bonds. The standard InChI is InChI=1S/C19H17Cl2N3O4/c1-2-28-18(26)15(8-10-5-3-4-6-12(10)20)22-17(25)11-7-13(21)16-14(9-11)23-19(27)24-16/h3-7,9,15H,2,8H2,1H3,(H,22,25)(H2,23,24,27). The summed E-state index contributed by atoms with van der Waals surface area (Å²) in [5.74, 6) is -1.10. The molecule has 1 unspecified atom stereocenters. The van der Waals surface area contributed by atoms with Crippen molar-refractivity contribution in [3.63, 3.8) is 0 Å². The number of carbonyl (C=O) groups excluding carboxylic acids is 2. The van der Waals surface area contributed by atoms with Crippen LogP contribution in [-0.4, -0.2) is 34.5 Å². The number of esters is 1. The smallest absolute Gasteiger partial charge is 0.328 e. The largest absolute Gasteiger partial charge is 0.464 e. The molecule has 7 nitrogen and oxygen atoms in total. The summed E-state index contributed by atoms with van der Waals surface area (Å²) in [7, 11) is 0. The van der Waals surface area contributed by atoms with Crippen LogP contribution in [0.2, 0.25) is 10.0 Å². The van der Waals surface area contributed by atoms with Crippen molar-refractivity contribution in [2.24, 2.45) is 0 Å². The van der Waals surface area contributed by atoms with Crippen LogP contribution in [0.4, 0.5) is 0 Å². The summed E-state index contributed by atoms with van der Waals surface area (Å²) in [5, 5.41) is 3.35. The minimum atomic E-state index is -0.938. The highest BCUT2D eigenvalue weighted by molar-refractivity contribution is 6.35. The molecule has 1 heterocycles. The van der Waals surface area contributed by atoms with E-state index < -0.39 is 23.6 Å². The molecule has 0 radical (unpaired) electrons. The average Bonchev–Trinajstić information content (AvgIpc) is 3.04. The van der Waals surface area contributed by atoms with Crippen molar-refractivity contribution in [3.05, 3.63) is 68.1 Å². The van der Waals surface area contributed by atoms with Crippen molar-refractivity contribution < 1.29 is 14.3 Å². The Kier molecular flexibility index (Phi) is 6.06. The average molecular weight is 422 g/mol. The Bertz CT molecular complexity index is 1090. The number of rotatable bonds is 6. The van der Waals surface area contributed by atoms with Gasteiger partial charge in [-0.2, -0.15) is 0 Å². The van der Waals surface area contributed by atoms with Gasteiger partial charge in [0.1, 0.15) is 6.04 Å². The van der Waals surface area contributed by atoms with Gasteiger partial charge in [0.05, 0.1) is 22.7 Å². The van der Waals surface area contributed by atoms with Crippen molar-refractivity contribution in [2.75, 3.05) is 6.61 Å². The predicted octanol–water partition coefficient (Wildman–Crippen LogP) is 3.07. The maximum absolute atomic E-state index is 12.7. The molecule has 0 saturated heterocycles. The molecule has 0 spiro atoms. The molecular formula is C19H17Cl2N3O4. The zero-order valence-corrected chi connectivity index (χ0v) is 16.4. The summed E-state index contributed by atoms with van der Waals surface area (Å²) in [5.41, 5.74) is 1.26. The third-order valence-corrected chi connectivity index (χ3v) is 4.76. The van der Waals surface area contributed by atoms with Crippen molar-refractivity contribution in [2.45, 2.75) is 19.4 Å². The lowest BCUT2D eigenvalue weighted by molar-refractivity contribution is -0.145. The lowest BCUT2D eigenvalue weighted by Gasteiger charge is -2.18. The molecule has 0 saturated carbocycles. The number of fused-ring (bicyclic) bond motifs is 1. The van der Waals surface area contributed by atoms with E-state index in [1.165, 1.54) is 12.1 Å². The van der Waals surface area contributed by atoms with Gasteiger partial charge in [0, 0.05) is 17.0 Å². The molecular weight excluding hydrogens is 405 g/mol. The fourth-order valence-electron chi connectivity index (χ4n) is 2.79. The van der Waals surface area contributed by atoms with Crippen LogP contribution < -0.4 is 11.0 Å². The predicted molar refractivity (Wildman–Crippen MR) is 107 cm³/mol. The summed E-state index contributed by atoms with van der Waals surface area (Å²) in [4.78, 5) is 41.6. The first-order chi connectivity index (χ1) is 13.4. The van der Waals surface area contributed by atoms with Gasteiger partial charge in [0.2, 0.25) is 0 Å². The van der Waals surface area contributed by atoms with Gasteiger partial charge in [-0.05, 0) is 30.7 Å². The Labute approximate surface area is 170 Å². The number of imidazole rings is 1. The molecule has 0 aliphatic carbocycles. The summed E-state index contributed by atoms with van der Waals surface area (Å²) in [6.07, 6.45) is 0.168. The Morgan fingerprint density at radius 2 is 1.89 bits per heavy atom. The van der Waals surface area contributed by atoms with Crippen LogP contribution in [0.5, 0.6) is 0 Å². The number of hydrogen-bond donors (Lipinski definition) is 3. The van der Waals surface area contributed by atoms with Crippen LogP contribution in [-0.2, 0) is 16.0 Å². The molecule has 146 valence electrons. The highest BCUT2D eigenvalue weighted by Crippen LogP contribution is 2.22. The summed E-state index contributed by atoms with van der Waals surface area (Å²) >= 11 is 12.3. The first-order valence-corrected chi connectivity index (χ1v) is 9.27. The van der Waals surface area contributed by atoms with Gasteiger partial charge in [-0.25, -0.2) is 9.59 Å². The molecule has 0 aliphatic rings. The van der Waals surface area contributed by atoms with Gasteiger partial charge in [0.25, 0.3) is 5.91 Å². The highest BCUT2D eigenvalue weighted by Gasteiger charge is 2.24. The Hall–Kier alpha value is -2.77. The second kappa shape index (κ2) is 8.50. The molecule has 1 aromatic heterocycles. The van der Waals surface area contributed by atoms with Gasteiger partial charge >= 0.3 is 11.7 Å². The number of nitrogens with one attached hydrogen (secondary N) is 3. The number of hydrogen-bond acceptors (Lipinski definition) is 4. The lowest BCUT2D eigenvalue weighted by Crippen LogP contribution is -2.43. The van der Waals surface area contributed by atoms with Crippen molar-refractivity contribution in [1.29, 1.82) is 0 Å². The highest BCUT2D eigenvalue weighted by atomic mass is 35.5. The number of carbonyl (C=O) groups is 2. The zero-order chi connectivity index (χ0) is 20.3. The van der Waals surface area contributed by atoms with E-state index in [0.717, 1.165) is 0 Å². The maximum Gasteiger partial charge on any atom is 0.328 e. The van der Waals surface area contributed by atoms with E-state index in [9.17, 15) is 14.4 Å². The van der Waals surface area contributed by atoms with E-state index in [1.807, 2.05) is 0 Å². The number of H-pyrrole nitrogens is 2. The third kappa shape index (κ3) is 4.37. The molecule has 1 atom stereocenters. The number of ether oxygens (including phenoxy) is 1.